The summed E-state index contributed by atoms with van der Waals surface area (Å²) in [7, 11) is 0. The van der Waals surface area contributed by atoms with E-state index in [0.29, 0.717) is 40.7 Å². The molecule has 5 rings (SSSR count). The third-order valence-corrected chi connectivity index (χ3v) is 5.90. The van der Waals surface area contributed by atoms with Crippen LogP contribution in [0.4, 0.5) is 5.82 Å². The van der Waals surface area contributed by atoms with Crippen molar-refractivity contribution in [1.82, 2.24) is 9.97 Å². The Kier molecular flexibility index (Phi) is 3.56. The van der Waals surface area contributed by atoms with E-state index in [-0.39, 0.29) is 11.5 Å². The van der Waals surface area contributed by atoms with Crippen molar-refractivity contribution >= 4 is 23.0 Å². The Labute approximate surface area is 162 Å². The summed E-state index contributed by atoms with van der Waals surface area (Å²) in [5, 5.41) is 19.3. The highest BCUT2D eigenvalue weighted by Gasteiger charge is 2.50. The highest BCUT2D eigenvalue weighted by atomic mass is 16.5. The number of hydrogen-bond acceptors (Lipinski definition) is 7. The second-order valence-electron chi connectivity index (χ2n) is 7.55. The number of nitrogens with zero attached hydrogens (tertiary/aromatic N) is 2. The molecule has 28 heavy (non-hydrogen) atoms. The third-order valence-electron chi connectivity index (χ3n) is 5.90. The minimum atomic E-state index is -0.0262. The van der Waals surface area contributed by atoms with Gasteiger partial charge in [-0.15, -0.1) is 0 Å². The number of ether oxygens (including phenoxy) is 2. The third kappa shape index (κ3) is 2.28. The average molecular weight is 375 g/mol. The number of para-hydroxylation sites is 1. The number of hydrogen-bond donors (Lipinski definition) is 3. The summed E-state index contributed by atoms with van der Waals surface area (Å²) in [4.78, 5) is 8.60. The first-order chi connectivity index (χ1) is 13.5. The Morgan fingerprint density at radius 1 is 1.21 bits per heavy atom. The standard InChI is InChI=1S/C21H21N5O2/c1-11(12(2)22)15-16-18(27-19(15)23)20(26-10-25-16)24-9-13-5-3-6-14-17(13)28-21(14)7-4-8-21/h3,5-6,10,22-23H,4,7-9H2,1-2H3,(H,24,25,26)/b15-11-,22-12?,23-19?. The largest absolute Gasteiger partial charge is 0.482 e. The molecule has 3 heterocycles. The van der Waals surface area contributed by atoms with Gasteiger partial charge in [0.05, 0.1) is 5.57 Å². The summed E-state index contributed by atoms with van der Waals surface area (Å²) in [5.41, 5.74) is 4.53. The molecule has 1 saturated carbocycles. The Morgan fingerprint density at radius 2 is 2.04 bits per heavy atom. The fourth-order valence-corrected chi connectivity index (χ4v) is 4.03. The molecule has 0 atom stereocenters. The topological polar surface area (TPSA) is 104 Å². The normalized spacial score (nSPS) is 19.6. The second kappa shape index (κ2) is 5.89. The number of fused-ring (bicyclic) bond motifs is 3. The number of anilines is 1. The SMILES string of the molecule is CC(=N)/C(C)=C1\C(=N)Oc2c(NCc3cccc4c3OC43CCC3)ncnc21. The maximum Gasteiger partial charge on any atom is 0.222 e. The predicted molar refractivity (Wildman–Crippen MR) is 106 cm³/mol. The summed E-state index contributed by atoms with van der Waals surface area (Å²) in [5.74, 6) is 1.95. The molecule has 7 nitrogen and oxygen atoms in total. The second-order valence-corrected chi connectivity index (χ2v) is 7.55. The van der Waals surface area contributed by atoms with Gasteiger partial charge in [-0.3, -0.25) is 5.41 Å². The minimum Gasteiger partial charge on any atom is -0.482 e. The van der Waals surface area contributed by atoms with Crippen molar-refractivity contribution in [2.45, 2.75) is 45.3 Å². The quantitative estimate of drug-likeness (QED) is 0.700. The van der Waals surface area contributed by atoms with E-state index in [1.807, 2.05) is 0 Å². The maximum atomic E-state index is 8.16. The zero-order valence-electron chi connectivity index (χ0n) is 15.8. The molecule has 1 aliphatic carbocycles. The van der Waals surface area contributed by atoms with Crippen LogP contribution >= 0.6 is 0 Å². The molecule has 0 bridgehead atoms. The molecular formula is C21H21N5O2. The minimum absolute atomic E-state index is 0.00158. The lowest BCUT2D eigenvalue weighted by atomic mass is 9.70. The molecule has 1 spiro atoms. The summed E-state index contributed by atoms with van der Waals surface area (Å²) in [6.07, 6.45) is 4.89. The van der Waals surface area contributed by atoms with E-state index in [0.717, 1.165) is 24.2 Å². The number of aromatic nitrogens is 2. The summed E-state index contributed by atoms with van der Waals surface area (Å²) >= 11 is 0. The van der Waals surface area contributed by atoms with Crippen molar-refractivity contribution in [3.05, 3.63) is 46.9 Å². The molecular weight excluding hydrogens is 354 g/mol. The van der Waals surface area contributed by atoms with Crippen LogP contribution in [0.25, 0.3) is 5.57 Å². The van der Waals surface area contributed by atoms with Gasteiger partial charge in [0, 0.05) is 23.4 Å². The van der Waals surface area contributed by atoms with Crippen LogP contribution in [-0.4, -0.2) is 21.6 Å². The molecule has 3 aliphatic rings. The van der Waals surface area contributed by atoms with Crippen LogP contribution in [0.5, 0.6) is 11.5 Å². The average Bonchev–Trinajstić information content (AvgIpc) is 2.95. The lowest BCUT2D eigenvalue weighted by molar-refractivity contribution is -0.0585. The van der Waals surface area contributed by atoms with E-state index in [9.17, 15) is 0 Å². The van der Waals surface area contributed by atoms with Crippen molar-refractivity contribution in [1.29, 1.82) is 10.8 Å². The summed E-state index contributed by atoms with van der Waals surface area (Å²) in [6.45, 7) is 4.04. The molecule has 2 aliphatic heterocycles. The molecule has 0 unspecified atom stereocenters. The molecule has 142 valence electrons. The van der Waals surface area contributed by atoms with Gasteiger partial charge in [0.15, 0.2) is 11.6 Å². The lowest BCUT2D eigenvalue weighted by Crippen LogP contribution is -2.47. The van der Waals surface area contributed by atoms with Crippen LogP contribution in [-0.2, 0) is 12.1 Å². The van der Waals surface area contributed by atoms with Gasteiger partial charge in [0.25, 0.3) is 0 Å². The van der Waals surface area contributed by atoms with Gasteiger partial charge in [-0.05, 0) is 38.7 Å². The van der Waals surface area contributed by atoms with E-state index in [4.69, 9.17) is 20.3 Å². The number of allylic oxidation sites excluding steroid dienone is 1. The molecule has 1 aromatic carbocycles. The summed E-state index contributed by atoms with van der Waals surface area (Å²) in [6, 6.07) is 6.29. The van der Waals surface area contributed by atoms with Gasteiger partial charge in [-0.1, -0.05) is 18.2 Å². The van der Waals surface area contributed by atoms with E-state index >= 15 is 0 Å². The van der Waals surface area contributed by atoms with E-state index in [2.05, 4.69) is 33.5 Å². The van der Waals surface area contributed by atoms with Crippen molar-refractivity contribution in [2.75, 3.05) is 5.32 Å². The Morgan fingerprint density at radius 3 is 2.75 bits per heavy atom. The van der Waals surface area contributed by atoms with Gasteiger partial charge in [-0.2, -0.15) is 0 Å². The zero-order valence-corrected chi connectivity index (χ0v) is 15.8. The zero-order chi connectivity index (χ0) is 19.5. The first-order valence-electron chi connectivity index (χ1n) is 9.44. The monoisotopic (exact) mass is 375 g/mol. The molecule has 1 aromatic heterocycles. The van der Waals surface area contributed by atoms with Crippen LogP contribution in [0.1, 0.15) is 49.9 Å². The molecule has 0 saturated heterocycles. The van der Waals surface area contributed by atoms with Gasteiger partial charge in [0.2, 0.25) is 5.90 Å². The van der Waals surface area contributed by atoms with Gasteiger partial charge in [-0.25, -0.2) is 9.97 Å². The Bertz CT molecular complexity index is 1070. The molecule has 7 heteroatoms. The van der Waals surface area contributed by atoms with Crippen LogP contribution in [0, 0.1) is 10.8 Å². The van der Waals surface area contributed by atoms with Crippen LogP contribution in [0.15, 0.2) is 30.1 Å². The summed E-state index contributed by atoms with van der Waals surface area (Å²) < 4.78 is 11.8. The Hall–Kier alpha value is -3.22. The number of rotatable bonds is 4. The van der Waals surface area contributed by atoms with Crippen molar-refractivity contribution < 1.29 is 9.47 Å². The van der Waals surface area contributed by atoms with Crippen molar-refractivity contribution in [3.63, 3.8) is 0 Å². The Balaban J connectivity index is 1.43. The van der Waals surface area contributed by atoms with E-state index in [1.54, 1.807) is 13.8 Å². The molecule has 1 fully saturated rings. The highest BCUT2D eigenvalue weighted by Crippen LogP contribution is 2.56. The predicted octanol–water partition coefficient (Wildman–Crippen LogP) is 4.04. The van der Waals surface area contributed by atoms with Crippen LogP contribution < -0.4 is 14.8 Å². The smallest absolute Gasteiger partial charge is 0.222 e. The first kappa shape index (κ1) is 16.9. The van der Waals surface area contributed by atoms with Crippen molar-refractivity contribution in [3.8, 4) is 11.5 Å². The fraction of sp³-hybridized carbons (Fsp3) is 0.333. The van der Waals surface area contributed by atoms with Gasteiger partial charge >= 0.3 is 0 Å². The highest BCUT2D eigenvalue weighted by molar-refractivity contribution is 6.28. The number of nitrogens with one attached hydrogen (secondary N) is 3. The first-order valence-corrected chi connectivity index (χ1v) is 9.44. The lowest BCUT2D eigenvalue weighted by Gasteiger charge is -2.51. The van der Waals surface area contributed by atoms with E-state index < -0.39 is 0 Å². The molecule has 0 radical (unpaired) electrons. The number of benzene rings is 1. The molecule has 3 N–H and O–H groups in total. The van der Waals surface area contributed by atoms with E-state index in [1.165, 1.54) is 18.3 Å². The van der Waals surface area contributed by atoms with Gasteiger partial charge in [0.1, 0.15) is 23.4 Å². The van der Waals surface area contributed by atoms with Gasteiger partial charge < -0.3 is 20.2 Å². The molecule has 2 aromatic rings. The molecule has 0 amide bonds. The maximum absolute atomic E-state index is 8.16. The van der Waals surface area contributed by atoms with Crippen LogP contribution in [0.3, 0.4) is 0 Å². The fourth-order valence-electron chi connectivity index (χ4n) is 4.03. The van der Waals surface area contributed by atoms with Crippen molar-refractivity contribution in [2.24, 2.45) is 0 Å². The van der Waals surface area contributed by atoms with Crippen LogP contribution in [0.2, 0.25) is 0 Å².